The highest BCUT2D eigenvalue weighted by molar-refractivity contribution is 5.96. The standard InChI is InChI=1S/C25H30N4O3/c1-18-17-27-23(32-4)16-21(18)25(31)29(3)20(15-19-9-6-5-7-10-19)12-13-26-24(30)22-11-8-14-28(22)2/h5-11,14,16-17,20H,12-13,15H2,1-4H3,(H,26,30)/t20-/m1/s1. The zero-order valence-electron chi connectivity index (χ0n) is 19.0. The molecule has 2 amide bonds. The minimum Gasteiger partial charge on any atom is -0.481 e. The van der Waals surface area contributed by atoms with Gasteiger partial charge in [-0.25, -0.2) is 4.98 Å². The molecule has 7 heteroatoms. The zero-order valence-corrected chi connectivity index (χ0v) is 19.0. The number of pyridine rings is 1. The molecule has 1 N–H and O–H groups in total. The first-order valence-corrected chi connectivity index (χ1v) is 10.6. The fraction of sp³-hybridized carbons (Fsp3) is 0.320. The van der Waals surface area contributed by atoms with E-state index < -0.39 is 0 Å². The number of benzene rings is 1. The molecule has 0 aliphatic carbocycles. The van der Waals surface area contributed by atoms with E-state index in [9.17, 15) is 9.59 Å². The molecule has 7 nitrogen and oxygen atoms in total. The van der Waals surface area contributed by atoms with Crippen LogP contribution in [0.2, 0.25) is 0 Å². The Morgan fingerprint density at radius 2 is 1.94 bits per heavy atom. The summed E-state index contributed by atoms with van der Waals surface area (Å²) < 4.78 is 6.98. The van der Waals surface area contributed by atoms with Crippen molar-refractivity contribution in [1.82, 2.24) is 19.8 Å². The number of aromatic nitrogens is 2. The van der Waals surface area contributed by atoms with E-state index in [1.54, 1.807) is 34.8 Å². The number of nitrogens with one attached hydrogen (secondary N) is 1. The van der Waals surface area contributed by atoms with Gasteiger partial charge in [0, 0.05) is 50.7 Å². The molecule has 0 aliphatic rings. The third-order valence-electron chi connectivity index (χ3n) is 5.64. The Kier molecular flexibility index (Phi) is 7.65. The number of hydrogen-bond acceptors (Lipinski definition) is 4. The lowest BCUT2D eigenvalue weighted by Gasteiger charge is -2.29. The van der Waals surface area contributed by atoms with Crippen LogP contribution in [0.25, 0.3) is 0 Å². The maximum absolute atomic E-state index is 13.3. The minimum atomic E-state index is -0.125. The number of carbonyl (C=O) groups is 2. The number of amides is 2. The normalized spacial score (nSPS) is 11.6. The van der Waals surface area contributed by atoms with Crippen molar-refractivity contribution >= 4 is 11.8 Å². The number of rotatable bonds is 9. The Morgan fingerprint density at radius 1 is 1.19 bits per heavy atom. The van der Waals surface area contributed by atoms with Gasteiger partial charge in [-0.05, 0) is 43.0 Å². The molecular formula is C25H30N4O3. The fourth-order valence-corrected chi connectivity index (χ4v) is 3.66. The van der Waals surface area contributed by atoms with E-state index in [4.69, 9.17) is 4.74 Å². The van der Waals surface area contributed by atoms with E-state index in [2.05, 4.69) is 22.4 Å². The van der Waals surface area contributed by atoms with Crippen molar-refractivity contribution in [3.05, 3.63) is 83.3 Å². The van der Waals surface area contributed by atoms with Gasteiger partial charge in [-0.15, -0.1) is 0 Å². The van der Waals surface area contributed by atoms with E-state index in [1.807, 2.05) is 44.4 Å². The van der Waals surface area contributed by atoms with E-state index in [-0.39, 0.29) is 17.9 Å². The number of likely N-dealkylation sites (N-methyl/N-ethyl adjacent to an activating group) is 1. The molecule has 2 heterocycles. The van der Waals surface area contributed by atoms with Gasteiger partial charge in [-0.1, -0.05) is 30.3 Å². The van der Waals surface area contributed by atoms with Crippen molar-refractivity contribution in [2.24, 2.45) is 7.05 Å². The van der Waals surface area contributed by atoms with Crippen LogP contribution in [0.4, 0.5) is 0 Å². The lowest BCUT2D eigenvalue weighted by molar-refractivity contribution is 0.0721. The van der Waals surface area contributed by atoms with Gasteiger partial charge in [0.15, 0.2) is 0 Å². The van der Waals surface area contributed by atoms with Crippen molar-refractivity contribution in [3.63, 3.8) is 0 Å². The van der Waals surface area contributed by atoms with Crippen molar-refractivity contribution in [2.45, 2.75) is 25.8 Å². The first kappa shape index (κ1) is 23.1. The van der Waals surface area contributed by atoms with Gasteiger partial charge in [0.05, 0.1) is 7.11 Å². The van der Waals surface area contributed by atoms with E-state index in [0.29, 0.717) is 36.5 Å². The third kappa shape index (κ3) is 5.55. The second-order valence-electron chi connectivity index (χ2n) is 7.85. The van der Waals surface area contributed by atoms with Crippen LogP contribution in [0.5, 0.6) is 5.88 Å². The average molecular weight is 435 g/mol. The number of carbonyl (C=O) groups excluding carboxylic acids is 2. The molecular weight excluding hydrogens is 404 g/mol. The fourth-order valence-electron chi connectivity index (χ4n) is 3.66. The molecule has 0 aliphatic heterocycles. The highest BCUT2D eigenvalue weighted by Gasteiger charge is 2.24. The summed E-state index contributed by atoms with van der Waals surface area (Å²) >= 11 is 0. The molecule has 0 saturated heterocycles. The van der Waals surface area contributed by atoms with Crippen LogP contribution in [0, 0.1) is 6.92 Å². The SMILES string of the molecule is COc1cc(C(=O)N(C)[C@H](CCNC(=O)c2cccn2C)Cc2ccccc2)c(C)cn1. The topological polar surface area (TPSA) is 76.5 Å². The molecule has 3 rings (SSSR count). The molecule has 3 aromatic rings. The Hall–Kier alpha value is -3.61. The van der Waals surface area contributed by atoms with Crippen LogP contribution >= 0.6 is 0 Å². The molecule has 1 atom stereocenters. The number of ether oxygens (including phenoxy) is 1. The average Bonchev–Trinajstić information content (AvgIpc) is 3.24. The van der Waals surface area contributed by atoms with Gasteiger partial charge in [0.1, 0.15) is 5.69 Å². The van der Waals surface area contributed by atoms with Crippen molar-refractivity contribution in [1.29, 1.82) is 0 Å². The van der Waals surface area contributed by atoms with Crippen LogP contribution in [-0.2, 0) is 13.5 Å². The quantitative estimate of drug-likeness (QED) is 0.561. The smallest absolute Gasteiger partial charge is 0.267 e. The molecule has 168 valence electrons. The van der Waals surface area contributed by atoms with Crippen molar-refractivity contribution < 1.29 is 14.3 Å². The van der Waals surface area contributed by atoms with Gasteiger partial charge in [0.2, 0.25) is 5.88 Å². The number of nitrogens with zero attached hydrogens (tertiary/aromatic N) is 3. The zero-order chi connectivity index (χ0) is 23.1. The summed E-state index contributed by atoms with van der Waals surface area (Å²) in [4.78, 5) is 31.7. The molecule has 2 aromatic heterocycles. The molecule has 0 unspecified atom stereocenters. The van der Waals surface area contributed by atoms with Crippen molar-refractivity contribution in [3.8, 4) is 5.88 Å². The summed E-state index contributed by atoms with van der Waals surface area (Å²) in [6.45, 7) is 2.32. The molecule has 0 spiro atoms. The van der Waals surface area contributed by atoms with Gasteiger partial charge in [0.25, 0.3) is 11.8 Å². The summed E-state index contributed by atoms with van der Waals surface area (Å²) in [6, 6.07) is 15.2. The largest absolute Gasteiger partial charge is 0.481 e. The third-order valence-corrected chi connectivity index (χ3v) is 5.64. The first-order chi connectivity index (χ1) is 15.4. The molecule has 1 aromatic carbocycles. The van der Waals surface area contributed by atoms with Gasteiger partial charge >= 0.3 is 0 Å². The minimum absolute atomic E-state index is 0.0992. The summed E-state index contributed by atoms with van der Waals surface area (Å²) in [7, 11) is 5.18. The lowest BCUT2D eigenvalue weighted by atomic mass is 10.0. The summed E-state index contributed by atoms with van der Waals surface area (Å²) in [6.07, 6.45) is 4.79. The van der Waals surface area contributed by atoms with Crippen LogP contribution in [-0.4, -0.2) is 53.0 Å². The van der Waals surface area contributed by atoms with E-state index >= 15 is 0 Å². The second-order valence-corrected chi connectivity index (χ2v) is 7.85. The highest BCUT2D eigenvalue weighted by Crippen LogP contribution is 2.19. The van der Waals surface area contributed by atoms with Crippen LogP contribution < -0.4 is 10.1 Å². The maximum Gasteiger partial charge on any atom is 0.267 e. The summed E-state index contributed by atoms with van der Waals surface area (Å²) in [5, 5.41) is 2.98. The monoisotopic (exact) mass is 434 g/mol. The van der Waals surface area contributed by atoms with Crippen LogP contribution in [0.15, 0.2) is 60.9 Å². The van der Waals surface area contributed by atoms with Gasteiger partial charge in [-0.3, -0.25) is 9.59 Å². The molecule has 0 bridgehead atoms. The molecule has 32 heavy (non-hydrogen) atoms. The van der Waals surface area contributed by atoms with Crippen molar-refractivity contribution in [2.75, 3.05) is 20.7 Å². The summed E-state index contributed by atoms with van der Waals surface area (Å²) in [5.74, 6) is 0.180. The number of hydrogen-bond donors (Lipinski definition) is 1. The maximum atomic E-state index is 13.3. The van der Waals surface area contributed by atoms with E-state index in [1.165, 1.54) is 7.11 Å². The Labute approximate surface area is 189 Å². The Bertz CT molecular complexity index is 1060. The Balaban J connectivity index is 1.75. The molecule has 0 fully saturated rings. The predicted molar refractivity (Wildman–Crippen MR) is 124 cm³/mol. The highest BCUT2D eigenvalue weighted by atomic mass is 16.5. The van der Waals surface area contributed by atoms with Gasteiger partial charge in [-0.2, -0.15) is 0 Å². The van der Waals surface area contributed by atoms with E-state index in [0.717, 1.165) is 11.1 Å². The van der Waals surface area contributed by atoms with Crippen LogP contribution in [0.1, 0.15) is 38.4 Å². The first-order valence-electron chi connectivity index (χ1n) is 10.6. The lowest BCUT2D eigenvalue weighted by Crippen LogP contribution is -2.41. The number of methoxy groups -OCH3 is 1. The molecule has 0 saturated carbocycles. The van der Waals surface area contributed by atoms with Crippen LogP contribution in [0.3, 0.4) is 0 Å². The number of aryl methyl sites for hydroxylation is 2. The Morgan fingerprint density at radius 3 is 2.59 bits per heavy atom. The summed E-state index contributed by atoms with van der Waals surface area (Å²) in [5.41, 5.74) is 3.09. The second kappa shape index (κ2) is 10.6. The van der Waals surface area contributed by atoms with Gasteiger partial charge < -0.3 is 19.5 Å². The predicted octanol–water partition coefficient (Wildman–Crippen LogP) is 3.24. The molecule has 0 radical (unpaired) electrons.